The van der Waals surface area contributed by atoms with E-state index in [9.17, 15) is 13.6 Å². The summed E-state index contributed by atoms with van der Waals surface area (Å²) in [4.78, 5) is 13.1. The number of carbonyl (C=O) groups is 1. The van der Waals surface area contributed by atoms with Crippen molar-refractivity contribution in [2.45, 2.75) is 20.3 Å². The van der Waals surface area contributed by atoms with E-state index in [2.05, 4.69) is 5.32 Å². The van der Waals surface area contributed by atoms with E-state index in [1.165, 1.54) is 4.90 Å². The molecule has 0 aromatic heterocycles. The topological polar surface area (TPSA) is 52.6 Å². The Labute approximate surface area is 127 Å². The van der Waals surface area contributed by atoms with Crippen molar-refractivity contribution in [2.75, 3.05) is 31.6 Å². The van der Waals surface area contributed by atoms with Crippen molar-refractivity contribution < 1.29 is 18.7 Å². The molecule has 0 unspecified atom stereocenters. The number of halogens is 3. The number of aliphatic hydroxyl groups excluding tert-OH is 1. The minimum Gasteiger partial charge on any atom is -0.395 e. The quantitative estimate of drug-likeness (QED) is 0.811. The molecule has 0 spiro atoms. The maximum Gasteiger partial charge on any atom is 0.251 e. The summed E-state index contributed by atoms with van der Waals surface area (Å²) >= 11 is 6.07. The summed E-state index contributed by atoms with van der Waals surface area (Å²) in [7, 11) is 0. The Morgan fingerprint density at radius 2 is 2.10 bits per heavy atom. The zero-order chi connectivity index (χ0) is 16.0. The molecule has 1 rings (SSSR count). The summed E-state index contributed by atoms with van der Waals surface area (Å²) in [6.45, 7) is 2.63. The predicted molar refractivity (Wildman–Crippen MR) is 79.1 cm³/mol. The number of anilines is 1. The highest BCUT2D eigenvalue weighted by Crippen LogP contribution is 2.27. The summed E-state index contributed by atoms with van der Waals surface area (Å²) in [6, 6.07) is 3.58. The number of amides is 1. The molecule has 0 aliphatic rings. The van der Waals surface area contributed by atoms with Gasteiger partial charge in [0.15, 0.2) is 0 Å². The first-order chi connectivity index (χ1) is 9.83. The number of nitrogens with zero attached hydrogens (tertiary/aromatic N) is 1. The van der Waals surface area contributed by atoms with Crippen LogP contribution in [0.15, 0.2) is 12.1 Å². The van der Waals surface area contributed by atoms with Crippen LogP contribution in [0.3, 0.4) is 0 Å². The highest BCUT2D eigenvalue weighted by Gasteiger charge is 2.16. The highest BCUT2D eigenvalue weighted by molar-refractivity contribution is 6.34. The molecule has 0 fully saturated rings. The number of nitrogens with one attached hydrogen (secondary N) is 1. The summed E-state index contributed by atoms with van der Waals surface area (Å²) in [6.07, 6.45) is -2.56. The van der Waals surface area contributed by atoms with Crippen LogP contribution in [-0.2, 0) is 4.79 Å². The molecule has 0 aliphatic carbocycles. The van der Waals surface area contributed by atoms with Gasteiger partial charge in [0.2, 0.25) is 5.91 Å². The van der Waals surface area contributed by atoms with Gasteiger partial charge in [-0.05, 0) is 31.0 Å². The number of aryl methyl sites for hydroxylation is 2. The fourth-order valence-corrected chi connectivity index (χ4v) is 2.40. The number of alkyl halides is 2. The average molecular weight is 321 g/mol. The van der Waals surface area contributed by atoms with E-state index in [0.29, 0.717) is 10.7 Å². The molecule has 118 valence electrons. The second-order valence-corrected chi connectivity index (χ2v) is 5.24. The molecule has 7 heteroatoms. The van der Waals surface area contributed by atoms with Crippen molar-refractivity contribution in [2.24, 2.45) is 0 Å². The van der Waals surface area contributed by atoms with E-state index in [1.54, 1.807) is 13.0 Å². The summed E-state index contributed by atoms with van der Waals surface area (Å²) < 4.78 is 24.8. The predicted octanol–water partition coefficient (Wildman–Crippen LogP) is 2.45. The van der Waals surface area contributed by atoms with Crippen molar-refractivity contribution in [3.63, 3.8) is 0 Å². The van der Waals surface area contributed by atoms with Crippen molar-refractivity contribution in [3.8, 4) is 0 Å². The molecular weight excluding hydrogens is 302 g/mol. The molecule has 0 saturated carbocycles. The van der Waals surface area contributed by atoms with Crippen LogP contribution in [0.25, 0.3) is 0 Å². The maximum absolute atomic E-state index is 12.4. The second-order valence-electron chi connectivity index (χ2n) is 4.84. The molecular formula is C14H19ClF2N2O2. The zero-order valence-electron chi connectivity index (χ0n) is 12.0. The van der Waals surface area contributed by atoms with Gasteiger partial charge < -0.3 is 10.4 Å². The number of benzene rings is 1. The Bertz CT molecular complexity index is 475. The van der Waals surface area contributed by atoms with Gasteiger partial charge >= 0.3 is 0 Å². The second kappa shape index (κ2) is 8.26. The maximum atomic E-state index is 12.4. The van der Waals surface area contributed by atoms with Crippen LogP contribution in [0.1, 0.15) is 11.1 Å². The van der Waals surface area contributed by atoms with Crippen LogP contribution in [0, 0.1) is 13.8 Å². The molecule has 1 aromatic carbocycles. The molecule has 0 radical (unpaired) electrons. The number of hydrogen-bond acceptors (Lipinski definition) is 3. The molecule has 0 heterocycles. The first-order valence-corrected chi connectivity index (χ1v) is 6.89. The van der Waals surface area contributed by atoms with Gasteiger partial charge in [-0.3, -0.25) is 9.69 Å². The van der Waals surface area contributed by atoms with Crippen LogP contribution >= 0.6 is 11.6 Å². The molecule has 0 aliphatic heterocycles. The van der Waals surface area contributed by atoms with Crippen LogP contribution in [0.4, 0.5) is 14.5 Å². The number of rotatable bonds is 7. The Morgan fingerprint density at radius 1 is 1.43 bits per heavy atom. The fourth-order valence-electron chi connectivity index (χ4n) is 2.03. The normalized spacial score (nSPS) is 11.2. The summed E-state index contributed by atoms with van der Waals surface area (Å²) in [5, 5.41) is 11.9. The molecule has 0 atom stereocenters. The van der Waals surface area contributed by atoms with Crippen molar-refractivity contribution in [1.82, 2.24) is 4.90 Å². The molecule has 2 N–H and O–H groups in total. The lowest BCUT2D eigenvalue weighted by molar-refractivity contribution is -0.117. The van der Waals surface area contributed by atoms with Crippen LogP contribution in [-0.4, -0.2) is 48.6 Å². The van der Waals surface area contributed by atoms with Crippen LogP contribution in [0.2, 0.25) is 5.02 Å². The first-order valence-electron chi connectivity index (χ1n) is 6.51. The third-order valence-corrected chi connectivity index (χ3v) is 3.17. The highest BCUT2D eigenvalue weighted by atomic mass is 35.5. The minimum atomic E-state index is -2.56. The lowest BCUT2D eigenvalue weighted by Crippen LogP contribution is -2.38. The average Bonchev–Trinajstić information content (AvgIpc) is 2.33. The standard InChI is InChI=1S/C14H19ClF2N2O2/c1-9-5-10(2)14(11(15)6-9)18-13(21)8-19(3-4-20)7-12(16)17/h5-6,12,20H,3-4,7-8H2,1-2H3,(H,18,21). The minimum absolute atomic E-state index is 0.0123. The van der Waals surface area contributed by atoms with E-state index in [-0.39, 0.29) is 19.7 Å². The van der Waals surface area contributed by atoms with Gasteiger partial charge in [0.05, 0.1) is 30.4 Å². The van der Waals surface area contributed by atoms with Gasteiger partial charge in [0, 0.05) is 6.54 Å². The number of hydrogen-bond donors (Lipinski definition) is 2. The van der Waals surface area contributed by atoms with E-state index in [4.69, 9.17) is 16.7 Å². The number of aliphatic hydroxyl groups is 1. The summed E-state index contributed by atoms with van der Waals surface area (Å²) in [5.74, 6) is -0.446. The third kappa shape index (κ3) is 5.95. The van der Waals surface area contributed by atoms with Crippen molar-refractivity contribution >= 4 is 23.2 Å². The van der Waals surface area contributed by atoms with Gasteiger partial charge in [0.25, 0.3) is 6.43 Å². The SMILES string of the molecule is Cc1cc(C)c(NC(=O)CN(CCO)CC(F)F)c(Cl)c1. The van der Waals surface area contributed by atoms with Crippen LogP contribution < -0.4 is 5.32 Å². The fraction of sp³-hybridized carbons (Fsp3) is 0.500. The zero-order valence-corrected chi connectivity index (χ0v) is 12.8. The largest absolute Gasteiger partial charge is 0.395 e. The van der Waals surface area contributed by atoms with Crippen molar-refractivity contribution in [3.05, 3.63) is 28.3 Å². The Hall–Kier alpha value is -1.24. The lowest BCUT2D eigenvalue weighted by atomic mass is 10.1. The van der Waals surface area contributed by atoms with Crippen LogP contribution in [0.5, 0.6) is 0 Å². The van der Waals surface area contributed by atoms with Gasteiger partial charge in [-0.25, -0.2) is 8.78 Å². The van der Waals surface area contributed by atoms with Gasteiger partial charge in [-0.1, -0.05) is 17.7 Å². The Morgan fingerprint density at radius 3 is 2.62 bits per heavy atom. The molecule has 1 amide bonds. The smallest absolute Gasteiger partial charge is 0.251 e. The summed E-state index contributed by atoms with van der Waals surface area (Å²) in [5.41, 5.74) is 2.25. The molecule has 0 saturated heterocycles. The molecule has 1 aromatic rings. The van der Waals surface area contributed by atoms with E-state index in [1.807, 2.05) is 13.0 Å². The van der Waals surface area contributed by atoms with Gasteiger partial charge in [-0.2, -0.15) is 0 Å². The Balaban J connectivity index is 2.72. The van der Waals surface area contributed by atoms with Gasteiger partial charge in [0.1, 0.15) is 0 Å². The monoisotopic (exact) mass is 320 g/mol. The van der Waals surface area contributed by atoms with Crippen molar-refractivity contribution in [1.29, 1.82) is 0 Å². The van der Waals surface area contributed by atoms with E-state index < -0.39 is 18.9 Å². The third-order valence-electron chi connectivity index (χ3n) is 2.88. The van der Waals surface area contributed by atoms with E-state index in [0.717, 1.165) is 11.1 Å². The molecule has 21 heavy (non-hydrogen) atoms. The molecule has 4 nitrogen and oxygen atoms in total. The van der Waals surface area contributed by atoms with Gasteiger partial charge in [-0.15, -0.1) is 0 Å². The lowest BCUT2D eigenvalue weighted by Gasteiger charge is -2.20. The first kappa shape index (κ1) is 17.8. The number of carbonyl (C=O) groups excluding carboxylic acids is 1. The van der Waals surface area contributed by atoms with E-state index >= 15 is 0 Å². The Kier molecular flexibility index (Phi) is 7.01. The molecule has 0 bridgehead atoms.